The summed E-state index contributed by atoms with van der Waals surface area (Å²) in [7, 11) is 0. The Morgan fingerprint density at radius 2 is 1.75 bits per heavy atom. The maximum atomic E-state index is 12.5. The van der Waals surface area contributed by atoms with Crippen molar-refractivity contribution in [3.05, 3.63) is 48.0 Å². The van der Waals surface area contributed by atoms with Gasteiger partial charge in [0.2, 0.25) is 5.91 Å². The van der Waals surface area contributed by atoms with Crippen LogP contribution in [0.5, 0.6) is 0 Å². The van der Waals surface area contributed by atoms with Crippen LogP contribution in [-0.4, -0.2) is 5.91 Å². The molecule has 16 heavy (non-hydrogen) atoms. The molecule has 2 N–H and O–H groups in total. The van der Waals surface area contributed by atoms with E-state index in [1.807, 2.05) is 42.5 Å². The molecule has 84 valence electrons. The number of carbonyl (C=O) groups excluding carboxylic acids is 1. The fraction of sp³-hybridized carbons (Fsp3) is 0.154. The van der Waals surface area contributed by atoms with E-state index in [1.165, 1.54) is 6.92 Å². The zero-order chi connectivity index (χ0) is 12.0. The van der Waals surface area contributed by atoms with E-state index in [-0.39, 0.29) is 12.6 Å². The highest BCUT2D eigenvalue weighted by atomic mass is 19.1. The van der Waals surface area contributed by atoms with Crippen LogP contribution in [0, 0.1) is 0 Å². The molecule has 0 saturated heterocycles. The largest absolute Gasteiger partial charge is 0.370 e. The van der Waals surface area contributed by atoms with E-state index < -0.39 is 0 Å². The highest BCUT2D eigenvalue weighted by Gasteiger charge is 1.97. The monoisotopic (exact) mass is 219 g/mol. The van der Waals surface area contributed by atoms with Gasteiger partial charge in [-0.15, -0.1) is 0 Å². The maximum absolute atomic E-state index is 12.5. The molecule has 0 radical (unpaired) electrons. The highest BCUT2D eigenvalue weighted by Crippen LogP contribution is 2.18. The molecule has 0 aliphatic rings. The second-order valence-corrected chi connectivity index (χ2v) is 3.38. The molecule has 0 spiro atoms. The Bertz CT molecular complexity index is 473. The van der Waals surface area contributed by atoms with Gasteiger partial charge in [-0.05, 0) is 16.3 Å². The van der Waals surface area contributed by atoms with Crippen LogP contribution in [-0.2, 0) is 11.5 Å². The number of carbonyl (C=O) groups is 1. The Labute approximate surface area is 93.9 Å². The summed E-state index contributed by atoms with van der Waals surface area (Å²) >= 11 is 0. The summed E-state index contributed by atoms with van der Waals surface area (Å²) in [5, 5.41) is 2.12. The van der Waals surface area contributed by atoms with Gasteiger partial charge in [0, 0.05) is 6.92 Å². The molecule has 0 aliphatic heterocycles. The molecule has 3 heteroatoms. The molecular formula is C13H14FNO. The number of benzene rings is 2. The van der Waals surface area contributed by atoms with Crippen molar-refractivity contribution in [3.8, 4) is 0 Å². The normalized spacial score (nSPS) is 9.38. The number of fused-ring (bicyclic) bond motifs is 1. The van der Waals surface area contributed by atoms with Crippen LogP contribution in [0.1, 0.15) is 12.5 Å². The van der Waals surface area contributed by atoms with Crippen LogP contribution < -0.4 is 5.73 Å². The van der Waals surface area contributed by atoms with E-state index in [9.17, 15) is 9.18 Å². The van der Waals surface area contributed by atoms with E-state index in [4.69, 9.17) is 0 Å². The molecule has 2 rings (SSSR count). The van der Waals surface area contributed by atoms with Crippen molar-refractivity contribution < 1.29 is 9.18 Å². The van der Waals surface area contributed by atoms with Crippen molar-refractivity contribution in [2.45, 2.75) is 13.6 Å². The fourth-order valence-corrected chi connectivity index (χ4v) is 1.41. The number of amides is 1. The summed E-state index contributed by atoms with van der Waals surface area (Å²) < 4.78 is 12.5. The van der Waals surface area contributed by atoms with E-state index in [1.54, 1.807) is 0 Å². The van der Waals surface area contributed by atoms with Gasteiger partial charge in [0.05, 0.1) is 0 Å². The van der Waals surface area contributed by atoms with Crippen molar-refractivity contribution in [2.24, 2.45) is 5.73 Å². The van der Waals surface area contributed by atoms with Crippen LogP contribution in [0.2, 0.25) is 0 Å². The van der Waals surface area contributed by atoms with Gasteiger partial charge in [0.1, 0.15) is 6.67 Å². The highest BCUT2D eigenvalue weighted by molar-refractivity contribution is 5.85. The summed E-state index contributed by atoms with van der Waals surface area (Å²) in [6.07, 6.45) is 0. The molecular weight excluding hydrogens is 205 g/mol. The Morgan fingerprint density at radius 3 is 2.38 bits per heavy atom. The number of rotatable bonds is 1. The average molecular weight is 219 g/mol. The molecule has 0 aromatic heterocycles. The summed E-state index contributed by atoms with van der Waals surface area (Å²) in [4.78, 5) is 9.22. The third-order valence-corrected chi connectivity index (χ3v) is 2.02. The average Bonchev–Trinajstić information content (AvgIpc) is 2.27. The van der Waals surface area contributed by atoms with Gasteiger partial charge in [0.15, 0.2) is 0 Å². The van der Waals surface area contributed by atoms with Crippen LogP contribution in [0.15, 0.2) is 42.5 Å². The predicted molar refractivity (Wildman–Crippen MR) is 63.6 cm³/mol. The molecule has 0 aliphatic carbocycles. The van der Waals surface area contributed by atoms with Gasteiger partial charge < -0.3 is 5.73 Å². The second kappa shape index (κ2) is 5.85. The minimum absolute atomic E-state index is 0.333. The first kappa shape index (κ1) is 12.2. The maximum Gasteiger partial charge on any atom is 0.214 e. The second-order valence-electron chi connectivity index (χ2n) is 3.38. The summed E-state index contributed by atoms with van der Waals surface area (Å²) in [6, 6.07) is 13.5. The minimum Gasteiger partial charge on any atom is -0.370 e. The van der Waals surface area contributed by atoms with Crippen LogP contribution in [0.25, 0.3) is 10.8 Å². The molecule has 0 saturated carbocycles. The van der Waals surface area contributed by atoms with E-state index in [0.29, 0.717) is 0 Å². The number of primary amides is 1. The molecule has 0 fully saturated rings. The predicted octanol–water partition coefficient (Wildman–Crippen LogP) is 2.80. The third-order valence-electron chi connectivity index (χ3n) is 2.02. The zero-order valence-electron chi connectivity index (χ0n) is 9.11. The molecule has 2 nitrogen and oxygen atoms in total. The number of alkyl halides is 1. The van der Waals surface area contributed by atoms with Crippen molar-refractivity contribution in [1.82, 2.24) is 0 Å². The number of hydrogen-bond donors (Lipinski definition) is 1. The van der Waals surface area contributed by atoms with Gasteiger partial charge in [-0.1, -0.05) is 42.5 Å². The Hall–Kier alpha value is -1.90. The number of hydrogen-bond acceptors (Lipinski definition) is 1. The van der Waals surface area contributed by atoms with E-state index >= 15 is 0 Å². The van der Waals surface area contributed by atoms with Gasteiger partial charge in [-0.25, -0.2) is 4.39 Å². The Morgan fingerprint density at radius 1 is 1.19 bits per heavy atom. The van der Waals surface area contributed by atoms with Crippen LogP contribution >= 0.6 is 0 Å². The molecule has 0 heterocycles. The molecule has 0 bridgehead atoms. The van der Waals surface area contributed by atoms with Crippen molar-refractivity contribution in [1.29, 1.82) is 0 Å². The van der Waals surface area contributed by atoms with Gasteiger partial charge in [0.25, 0.3) is 0 Å². The fourth-order valence-electron chi connectivity index (χ4n) is 1.41. The Kier molecular flexibility index (Phi) is 4.45. The lowest BCUT2D eigenvalue weighted by Gasteiger charge is -2.00. The number of halogens is 1. The van der Waals surface area contributed by atoms with Gasteiger partial charge >= 0.3 is 0 Å². The first-order valence-electron chi connectivity index (χ1n) is 4.93. The SMILES string of the molecule is CC(N)=O.FCc1cccc2ccccc12. The molecule has 0 unspecified atom stereocenters. The van der Waals surface area contributed by atoms with E-state index in [0.717, 1.165) is 16.3 Å². The van der Waals surface area contributed by atoms with Gasteiger partial charge in [-0.3, -0.25) is 4.79 Å². The molecule has 0 atom stereocenters. The first-order chi connectivity index (χ1) is 7.65. The van der Waals surface area contributed by atoms with Gasteiger partial charge in [-0.2, -0.15) is 0 Å². The third kappa shape index (κ3) is 3.35. The summed E-state index contributed by atoms with van der Waals surface area (Å²) in [5.74, 6) is -0.333. The lowest BCUT2D eigenvalue weighted by Crippen LogP contribution is -2.01. The topological polar surface area (TPSA) is 43.1 Å². The van der Waals surface area contributed by atoms with Crippen LogP contribution in [0.4, 0.5) is 4.39 Å². The van der Waals surface area contributed by atoms with Crippen molar-refractivity contribution in [3.63, 3.8) is 0 Å². The van der Waals surface area contributed by atoms with Crippen LogP contribution in [0.3, 0.4) is 0 Å². The van der Waals surface area contributed by atoms with Crippen molar-refractivity contribution >= 4 is 16.7 Å². The lowest BCUT2D eigenvalue weighted by atomic mass is 10.1. The minimum atomic E-state index is -0.388. The van der Waals surface area contributed by atoms with Crippen molar-refractivity contribution in [2.75, 3.05) is 0 Å². The zero-order valence-corrected chi connectivity index (χ0v) is 9.11. The quantitative estimate of drug-likeness (QED) is 0.787. The standard InChI is InChI=1S/C11H9F.C2H5NO/c12-8-10-6-3-5-9-4-1-2-7-11(9)10;1-2(3)4/h1-7H,8H2;1H3,(H2,3,4). The molecule has 1 amide bonds. The molecule has 2 aromatic carbocycles. The summed E-state index contributed by atoms with van der Waals surface area (Å²) in [6.45, 7) is 0.918. The first-order valence-corrected chi connectivity index (χ1v) is 4.93. The lowest BCUT2D eigenvalue weighted by molar-refractivity contribution is -0.115. The molecule has 2 aromatic rings. The Balaban J connectivity index is 0.000000280. The number of nitrogens with two attached hydrogens (primary N) is 1. The summed E-state index contributed by atoms with van der Waals surface area (Å²) in [5.41, 5.74) is 5.24. The smallest absolute Gasteiger partial charge is 0.214 e. The van der Waals surface area contributed by atoms with E-state index in [2.05, 4.69) is 5.73 Å².